The second-order valence-corrected chi connectivity index (χ2v) is 5.26. The van der Waals surface area contributed by atoms with Gasteiger partial charge in [0.25, 0.3) is 0 Å². The minimum absolute atomic E-state index is 0.0146. The first kappa shape index (κ1) is 13.4. The molecule has 100 valence electrons. The molecule has 4 nitrogen and oxygen atoms in total. The van der Waals surface area contributed by atoms with Crippen molar-refractivity contribution in [2.24, 2.45) is 0 Å². The van der Waals surface area contributed by atoms with Crippen molar-refractivity contribution in [1.82, 2.24) is 5.32 Å². The third kappa shape index (κ3) is 2.70. The highest BCUT2D eigenvalue weighted by atomic mass is 16.2. The van der Waals surface area contributed by atoms with Gasteiger partial charge in [0, 0.05) is 13.1 Å². The van der Waals surface area contributed by atoms with Crippen LogP contribution in [0.15, 0.2) is 12.1 Å². The zero-order chi connectivity index (χ0) is 14.0. The number of nitrogens with one attached hydrogen (secondary N) is 1. The van der Waals surface area contributed by atoms with Gasteiger partial charge in [-0.05, 0) is 36.1 Å². The highest BCUT2D eigenvalue weighted by Crippen LogP contribution is 2.28. The van der Waals surface area contributed by atoms with Crippen LogP contribution in [0, 0.1) is 18.3 Å². The van der Waals surface area contributed by atoms with Crippen LogP contribution in [0.3, 0.4) is 0 Å². The standard InChI is InChI=1S/C15H19N3O/c1-10(2)13-7-12(8-16)14(6-11(13)3)18-5-4-17-15(19)9-18/h6-7,10H,4-5,9H2,1-3H3,(H,17,19). The fraction of sp³-hybridized carbons (Fsp3) is 0.467. The van der Waals surface area contributed by atoms with Crippen molar-refractivity contribution >= 4 is 11.6 Å². The van der Waals surface area contributed by atoms with E-state index in [1.165, 1.54) is 11.1 Å². The molecule has 0 saturated carbocycles. The van der Waals surface area contributed by atoms with Gasteiger partial charge >= 0.3 is 0 Å². The van der Waals surface area contributed by atoms with Crippen LogP contribution < -0.4 is 10.2 Å². The van der Waals surface area contributed by atoms with Crippen LogP contribution in [0.1, 0.15) is 36.5 Å². The summed E-state index contributed by atoms with van der Waals surface area (Å²) >= 11 is 0. The largest absolute Gasteiger partial charge is 0.359 e. The molecule has 0 aromatic heterocycles. The van der Waals surface area contributed by atoms with Gasteiger partial charge in [0.2, 0.25) is 5.91 Å². The average molecular weight is 257 g/mol. The highest BCUT2D eigenvalue weighted by Gasteiger charge is 2.20. The maximum absolute atomic E-state index is 11.5. The maximum atomic E-state index is 11.5. The molecule has 1 aliphatic rings. The van der Waals surface area contributed by atoms with Gasteiger partial charge in [0.15, 0.2) is 0 Å². The Morgan fingerprint density at radius 2 is 2.16 bits per heavy atom. The molecule has 0 bridgehead atoms. The van der Waals surface area contributed by atoms with Crippen LogP contribution in [0.25, 0.3) is 0 Å². The zero-order valence-corrected chi connectivity index (χ0v) is 11.7. The fourth-order valence-electron chi connectivity index (χ4n) is 2.53. The lowest BCUT2D eigenvalue weighted by Gasteiger charge is -2.30. The number of anilines is 1. The van der Waals surface area contributed by atoms with Crippen LogP contribution in [0.4, 0.5) is 5.69 Å². The molecule has 2 rings (SSSR count). The molecular formula is C15H19N3O. The van der Waals surface area contributed by atoms with Crippen LogP contribution in [0.5, 0.6) is 0 Å². The number of nitrogens with zero attached hydrogens (tertiary/aromatic N) is 2. The number of nitriles is 1. The van der Waals surface area contributed by atoms with Gasteiger partial charge in [-0.25, -0.2) is 0 Å². The summed E-state index contributed by atoms with van der Waals surface area (Å²) in [5.41, 5.74) is 3.90. The van der Waals surface area contributed by atoms with E-state index in [1.807, 2.05) is 17.0 Å². The summed E-state index contributed by atoms with van der Waals surface area (Å²) in [7, 11) is 0. The predicted molar refractivity (Wildman–Crippen MR) is 75.2 cm³/mol. The minimum Gasteiger partial charge on any atom is -0.359 e. The Balaban J connectivity index is 2.43. The predicted octanol–water partition coefficient (Wildman–Crippen LogP) is 1.93. The van der Waals surface area contributed by atoms with E-state index in [1.54, 1.807) is 0 Å². The summed E-state index contributed by atoms with van der Waals surface area (Å²) in [4.78, 5) is 13.5. The Kier molecular flexibility index (Phi) is 3.75. The molecule has 1 heterocycles. The zero-order valence-electron chi connectivity index (χ0n) is 11.7. The molecule has 1 amide bonds. The number of rotatable bonds is 2. The van der Waals surface area contributed by atoms with E-state index in [-0.39, 0.29) is 5.91 Å². The maximum Gasteiger partial charge on any atom is 0.239 e. The molecule has 1 saturated heterocycles. The lowest BCUT2D eigenvalue weighted by Crippen LogP contribution is -2.48. The van der Waals surface area contributed by atoms with Gasteiger partial charge in [-0.15, -0.1) is 0 Å². The molecule has 1 aromatic carbocycles. The molecular weight excluding hydrogens is 238 g/mol. The first-order chi connectivity index (χ1) is 9.02. The molecule has 0 radical (unpaired) electrons. The number of hydrogen-bond acceptors (Lipinski definition) is 3. The lowest BCUT2D eigenvalue weighted by molar-refractivity contribution is -0.120. The number of piperazine rings is 1. The first-order valence-electron chi connectivity index (χ1n) is 6.59. The van der Waals surface area contributed by atoms with E-state index in [0.29, 0.717) is 24.6 Å². The molecule has 0 aliphatic carbocycles. The van der Waals surface area contributed by atoms with E-state index in [2.05, 4.69) is 32.2 Å². The molecule has 0 spiro atoms. The van der Waals surface area contributed by atoms with Crippen molar-refractivity contribution in [3.63, 3.8) is 0 Å². The summed E-state index contributed by atoms with van der Waals surface area (Å²) in [5.74, 6) is 0.409. The summed E-state index contributed by atoms with van der Waals surface area (Å²) < 4.78 is 0. The fourth-order valence-corrected chi connectivity index (χ4v) is 2.53. The lowest BCUT2D eigenvalue weighted by atomic mass is 9.94. The molecule has 0 unspecified atom stereocenters. The van der Waals surface area contributed by atoms with Gasteiger partial charge in [-0.1, -0.05) is 13.8 Å². The van der Waals surface area contributed by atoms with Crippen molar-refractivity contribution in [2.45, 2.75) is 26.7 Å². The third-order valence-corrected chi connectivity index (χ3v) is 3.51. The van der Waals surface area contributed by atoms with Crippen LogP contribution in [-0.4, -0.2) is 25.5 Å². The van der Waals surface area contributed by atoms with E-state index in [4.69, 9.17) is 0 Å². The van der Waals surface area contributed by atoms with Crippen LogP contribution in [-0.2, 0) is 4.79 Å². The van der Waals surface area contributed by atoms with Crippen LogP contribution >= 0.6 is 0 Å². The number of benzene rings is 1. The number of amides is 1. The van der Waals surface area contributed by atoms with Gasteiger partial charge < -0.3 is 10.2 Å². The second-order valence-electron chi connectivity index (χ2n) is 5.26. The molecule has 19 heavy (non-hydrogen) atoms. The van der Waals surface area contributed by atoms with Gasteiger partial charge in [-0.2, -0.15) is 5.26 Å². The molecule has 1 N–H and O–H groups in total. The monoisotopic (exact) mass is 257 g/mol. The summed E-state index contributed by atoms with van der Waals surface area (Å²) in [5, 5.41) is 12.1. The van der Waals surface area contributed by atoms with Crippen molar-refractivity contribution in [2.75, 3.05) is 24.5 Å². The number of hydrogen-bond donors (Lipinski definition) is 1. The molecule has 1 aromatic rings. The molecule has 4 heteroatoms. The minimum atomic E-state index is 0.0146. The van der Waals surface area contributed by atoms with Gasteiger partial charge in [0.05, 0.1) is 17.8 Å². The Labute approximate surface area is 114 Å². The van der Waals surface area contributed by atoms with Crippen molar-refractivity contribution in [3.05, 3.63) is 28.8 Å². The van der Waals surface area contributed by atoms with E-state index in [9.17, 15) is 10.1 Å². The highest BCUT2D eigenvalue weighted by molar-refractivity contribution is 5.83. The molecule has 1 fully saturated rings. The average Bonchev–Trinajstić information content (AvgIpc) is 2.38. The quantitative estimate of drug-likeness (QED) is 0.880. The Morgan fingerprint density at radius 1 is 1.42 bits per heavy atom. The second kappa shape index (κ2) is 5.31. The summed E-state index contributed by atoms with van der Waals surface area (Å²) in [6.45, 7) is 8.02. The summed E-state index contributed by atoms with van der Waals surface area (Å²) in [6, 6.07) is 6.25. The number of carbonyl (C=O) groups is 1. The van der Waals surface area contributed by atoms with Gasteiger partial charge in [-0.3, -0.25) is 4.79 Å². The van der Waals surface area contributed by atoms with E-state index >= 15 is 0 Å². The van der Waals surface area contributed by atoms with Crippen LogP contribution in [0.2, 0.25) is 0 Å². The van der Waals surface area contributed by atoms with E-state index < -0.39 is 0 Å². The van der Waals surface area contributed by atoms with Crippen molar-refractivity contribution < 1.29 is 4.79 Å². The first-order valence-corrected chi connectivity index (χ1v) is 6.59. The van der Waals surface area contributed by atoms with E-state index in [0.717, 1.165) is 12.2 Å². The number of aryl methyl sites for hydroxylation is 1. The number of carbonyl (C=O) groups excluding carboxylic acids is 1. The van der Waals surface area contributed by atoms with Gasteiger partial charge in [0.1, 0.15) is 6.07 Å². The smallest absolute Gasteiger partial charge is 0.239 e. The molecule has 1 aliphatic heterocycles. The van der Waals surface area contributed by atoms with Crippen molar-refractivity contribution in [3.8, 4) is 6.07 Å². The molecule has 0 atom stereocenters. The van der Waals surface area contributed by atoms with Crippen molar-refractivity contribution in [1.29, 1.82) is 5.26 Å². The Hall–Kier alpha value is -2.02. The Bertz CT molecular complexity index is 543. The topological polar surface area (TPSA) is 56.1 Å². The SMILES string of the molecule is Cc1cc(N2CCNC(=O)C2)c(C#N)cc1C(C)C. The summed E-state index contributed by atoms with van der Waals surface area (Å²) in [6.07, 6.45) is 0. The third-order valence-electron chi connectivity index (χ3n) is 3.51. The Morgan fingerprint density at radius 3 is 2.74 bits per heavy atom. The normalized spacial score (nSPS) is 15.3.